The van der Waals surface area contributed by atoms with Crippen LogP contribution in [0.4, 0.5) is 0 Å². The first-order chi connectivity index (χ1) is 9.22. The topological polar surface area (TPSA) is 63.0 Å². The molecule has 5 heteroatoms. The molecule has 1 heterocycles. The molecule has 0 aliphatic rings. The van der Waals surface area contributed by atoms with Gasteiger partial charge < -0.3 is 4.74 Å². The van der Waals surface area contributed by atoms with Crippen molar-refractivity contribution in [3.05, 3.63) is 53.9 Å². The van der Waals surface area contributed by atoms with E-state index in [1.807, 2.05) is 24.3 Å². The molecule has 1 aromatic carbocycles. The number of ether oxygens (including phenoxy) is 1. The normalized spacial score (nSPS) is 9.68. The molecular weight excluding hydrogens is 260 g/mol. The lowest BCUT2D eigenvalue weighted by atomic mass is 10.2. The van der Waals surface area contributed by atoms with Crippen molar-refractivity contribution in [3.63, 3.8) is 0 Å². The summed E-state index contributed by atoms with van der Waals surface area (Å²) in [6.07, 6.45) is 1.65. The van der Waals surface area contributed by atoms with Gasteiger partial charge in [0.05, 0.1) is 12.7 Å². The third-order valence-corrected chi connectivity index (χ3v) is 3.35. The van der Waals surface area contributed by atoms with Crippen LogP contribution in [0.2, 0.25) is 0 Å². The van der Waals surface area contributed by atoms with Crippen LogP contribution in [0.25, 0.3) is 0 Å². The minimum absolute atomic E-state index is 0.350. The average molecular weight is 270 g/mol. The molecule has 0 atom stereocenters. The third kappa shape index (κ3) is 3.33. The summed E-state index contributed by atoms with van der Waals surface area (Å²) in [6, 6.07) is 12.6. The maximum atomic E-state index is 11.3. The van der Waals surface area contributed by atoms with Crippen LogP contribution in [-0.2, 0) is 4.74 Å². The SMILES string of the molecule is COC(=O)c1ccc(Sc2ccc(C#N)nc2)cc1. The Morgan fingerprint density at radius 3 is 2.42 bits per heavy atom. The molecule has 0 fully saturated rings. The number of carbonyl (C=O) groups is 1. The second-order valence-electron chi connectivity index (χ2n) is 3.61. The molecule has 0 bridgehead atoms. The van der Waals surface area contributed by atoms with Gasteiger partial charge in [-0.05, 0) is 36.4 Å². The van der Waals surface area contributed by atoms with Gasteiger partial charge in [0, 0.05) is 16.0 Å². The zero-order chi connectivity index (χ0) is 13.7. The van der Waals surface area contributed by atoms with Crippen LogP contribution in [-0.4, -0.2) is 18.1 Å². The third-order valence-electron chi connectivity index (χ3n) is 2.36. The summed E-state index contributed by atoms with van der Waals surface area (Å²) in [7, 11) is 1.35. The fourth-order valence-electron chi connectivity index (χ4n) is 1.42. The van der Waals surface area contributed by atoms with Crippen molar-refractivity contribution in [3.8, 4) is 6.07 Å². The minimum Gasteiger partial charge on any atom is -0.465 e. The lowest BCUT2D eigenvalue weighted by Crippen LogP contribution is -2.00. The molecule has 0 amide bonds. The molecule has 0 aliphatic heterocycles. The minimum atomic E-state index is -0.350. The Bertz CT molecular complexity index is 615. The number of nitrogens with zero attached hydrogens (tertiary/aromatic N) is 2. The van der Waals surface area contributed by atoms with Crippen LogP contribution in [0.3, 0.4) is 0 Å². The van der Waals surface area contributed by atoms with E-state index in [4.69, 9.17) is 5.26 Å². The molecule has 2 rings (SSSR count). The van der Waals surface area contributed by atoms with Gasteiger partial charge in [-0.15, -0.1) is 0 Å². The lowest BCUT2D eigenvalue weighted by molar-refractivity contribution is 0.0600. The monoisotopic (exact) mass is 270 g/mol. The molecular formula is C14H10N2O2S. The van der Waals surface area contributed by atoms with Crippen molar-refractivity contribution in [2.45, 2.75) is 9.79 Å². The molecule has 0 saturated heterocycles. The lowest BCUT2D eigenvalue weighted by Gasteiger charge is -2.03. The van der Waals surface area contributed by atoms with E-state index in [1.165, 1.54) is 18.9 Å². The van der Waals surface area contributed by atoms with Gasteiger partial charge in [-0.2, -0.15) is 5.26 Å². The quantitative estimate of drug-likeness (QED) is 0.802. The molecule has 0 radical (unpaired) electrons. The number of hydrogen-bond acceptors (Lipinski definition) is 5. The Hall–Kier alpha value is -2.32. The van der Waals surface area contributed by atoms with E-state index in [2.05, 4.69) is 9.72 Å². The Morgan fingerprint density at radius 1 is 1.21 bits per heavy atom. The van der Waals surface area contributed by atoms with Gasteiger partial charge in [-0.1, -0.05) is 11.8 Å². The summed E-state index contributed by atoms with van der Waals surface area (Å²) in [5.41, 5.74) is 0.912. The number of aromatic nitrogens is 1. The number of benzene rings is 1. The van der Waals surface area contributed by atoms with Crippen molar-refractivity contribution in [2.24, 2.45) is 0 Å². The summed E-state index contributed by atoms with van der Waals surface area (Å²) >= 11 is 1.51. The molecule has 2 aromatic rings. The Morgan fingerprint density at radius 2 is 1.89 bits per heavy atom. The Labute approximate surface area is 115 Å². The van der Waals surface area contributed by atoms with Gasteiger partial charge in [-0.25, -0.2) is 9.78 Å². The van der Waals surface area contributed by atoms with Gasteiger partial charge in [0.25, 0.3) is 0 Å². The predicted molar refractivity (Wildman–Crippen MR) is 70.9 cm³/mol. The molecule has 0 N–H and O–H groups in total. The number of carbonyl (C=O) groups excluding carboxylic acids is 1. The summed E-state index contributed by atoms with van der Waals surface area (Å²) in [5.74, 6) is -0.350. The number of methoxy groups -OCH3 is 1. The van der Waals surface area contributed by atoms with Crippen molar-refractivity contribution in [1.29, 1.82) is 5.26 Å². The number of hydrogen-bond donors (Lipinski definition) is 0. The molecule has 94 valence electrons. The number of rotatable bonds is 3. The maximum Gasteiger partial charge on any atom is 0.337 e. The molecule has 0 saturated carbocycles. The van der Waals surface area contributed by atoms with E-state index in [0.717, 1.165) is 9.79 Å². The molecule has 0 unspecified atom stereocenters. The molecule has 4 nitrogen and oxygen atoms in total. The number of nitriles is 1. The smallest absolute Gasteiger partial charge is 0.337 e. The van der Waals surface area contributed by atoms with Crippen molar-refractivity contribution in [2.75, 3.05) is 7.11 Å². The standard InChI is InChI=1S/C14H10N2O2S/c1-18-14(17)10-2-5-12(6-3-10)19-13-7-4-11(8-15)16-9-13/h2-7,9H,1H3. The van der Waals surface area contributed by atoms with E-state index < -0.39 is 0 Å². The fourth-order valence-corrected chi connectivity index (χ4v) is 2.21. The summed E-state index contributed by atoms with van der Waals surface area (Å²) in [5, 5.41) is 8.66. The van der Waals surface area contributed by atoms with Crippen molar-refractivity contribution >= 4 is 17.7 Å². The summed E-state index contributed by atoms with van der Waals surface area (Å²) in [4.78, 5) is 17.2. The number of pyridine rings is 1. The van der Waals surface area contributed by atoms with Crippen LogP contribution in [0.15, 0.2) is 52.4 Å². The summed E-state index contributed by atoms with van der Waals surface area (Å²) in [6.45, 7) is 0. The first-order valence-electron chi connectivity index (χ1n) is 5.45. The Balaban J connectivity index is 2.10. The maximum absolute atomic E-state index is 11.3. The highest BCUT2D eigenvalue weighted by molar-refractivity contribution is 7.99. The van der Waals surface area contributed by atoms with Crippen LogP contribution >= 0.6 is 11.8 Å². The van der Waals surface area contributed by atoms with Gasteiger partial charge >= 0.3 is 5.97 Å². The second-order valence-corrected chi connectivity index (χ2v) is 4.76. The highest BCUT2D eigenvalue weighted by Crippen LogP contribution is 2.27. The van der Waals surface area contributed by atoms with Crippen molar-refractivity contribution < 1.29 is 9.53 Å². The van der Waals surface area contributed by atoms with Gasteiger partial charge in [0.15, 0.2) is 0 Å². The molecule has 1 aromatic heterocycles. The summed E-state index contributed by atoms with van der Waals surface area (Å²) < 4.78 is 4.63. The van der Waals surface area contributed by atoms with E-state index in [9.17, 15) is 4.79 Å². The molecule has 0 spiro atoms. The van der Waals surface area contributed by atoms with Gasteiger partial charge in [0.2, 0.25) is 0 Å². The van der Waals surface area contributed by atoms with Gasteiger partial charge in [-0.3, -0.25) is 0 Å². The van der Waals surface area contributed by atoms with E-state index >= 15 is 0 Å². The zero-order valence-electron chi connectivity index (χ0n) is 10.2. The van der Waals surface area contributed by atoms with Crippen LogP contribution in [0.5, 0.6) is 0 Å². The highest BCUT2D eigenvalue weighted by Gasteiger charge is 2.05. The number of esters is 1. The van der Waals surface area contributed by atoms with Crippen molar-refractivity contribution in [1.82, 2.24) is 4.98 Å². The highest BCUT2D eigenvalue weighted by atomic mass is 32.2. The van der Waals surface area contributed by atoms with E-state index in [1.54, 1.807) is 24.4 Å². The zero-order valence-corrected chi connectivity index (χ0v) is 11.0. The van der Waals surface area contributed by atoms with E-state index in [0.29, 0.717) is 11.3 Å². The molecule has 19 heavy (non-hydrogen) atoms. The fraction of sp³-hybridized carbons (Fsp3) is 0.0714. The predicted octanol–water partition coefficient (Wildman–Crippen LogP) is 2.89. The largest absolute Gasteiger partial charge is 0.465 e. The first-order valence-corrected chi connectivity index (χ1v) is 6.27. The van der Waals surface area contributed by atoms with E-state index in [-0.39, 0.29) is 5.97 Å². The molecule has 0 aliphatic carbocycles. The second kappa shape index (κ2) is 6.03. The average Bonchev–Trinajstić information content (AvgIpc) is 2.48. The Kier molecular flexibility index (Phi) is 4.16. The van der Waals surface area contributed by atoms with Crippen LogP contribution in [0.1, 0.15) is 16.1 Å². The van der Waals surface area contributed by atoms with Crippen LogP contribution in [0, 0.1) is 11.3 Å². The van der Waals surface area contributed by atoms with Gasteiger partial charge in [0.1, 0.15) is 11.8 Å². The van der Waals surface area contributed by atoms with Crippen LogP contribution < -0.4 is 0 Å². The first kappa shape index (κ1) is 13.1.